The van der Waals surface area contributed by atoms with Crippen molar-refractivity contribution in [1.29, 1.82) is 0 Å². The lowest BCUT2D eigenvalue weighted by Crippen LogP contribution is -2.35. The number of nitrogens with zero attached hydrogens (tertiary/aromatic N) is 3. The minimum atomic E-state index is -0.213. The lowest BCUT2D eigenvalue weighted by molar-refractivity contribution is -0.181. The quantitative estimate of drug-likeness (QED) is 0.645. The largest absolute Gasteiger partial charge is 0.387 e. The molecule has 142 valence electrons. The molecule has 0 spiro atoms. The molecular formula is C19H24N6O2. The second kappa shape index (κ2) is 8.61. The summed E-state index contributed by atoms with van der Waals surface area (Å²) in [6, 6.07) is 5.83. The minimum absolute atomic E-state index is 0.213. The Morgan fingerprint density at radius 1 is 1.37 bits per heavy atom. The molecular weight excluding hydrogens is 344 g/mol. The fourth-order valence-corrected chi connectivity index (χ4v) is 2.87. The Morgan fingerprint density at radius 3 is 2.93 bits per heavy atom. The van der Waals surface area contributed by atoms with Gasteiger partial charge in [-0.3, -0.25) is 14.7 Å². The van der Waals surface area contributed by atoms with Crippen LogP contribution in [0.25, 0.3) is 17.2 Å². The summed E-state index contributed by atoms with van der Waals surface area (Å²) in [4.78, 5) is 22.9. The summed E-state index contributed by atoms with van der Waals surface area (Å²) in [5.74, 6) is 0.170. The van der Waals surface area contributed by atoms with Crippen molar-refractivity contribution in [2.24, 2.45) is 16.5 Å². The Labute approximate surface area is 157 Å². The van der Waals surface area contributed by atoms with Crippen LogP contribution in [0, 0.1) is 0 Å². The van der Waals surface area contributed by atoms with Crippen LogP contribution < -0.4 is 11.5 Å². The summed E-state index contributed by atoms with van der Waals surface area (Å²) in [7, 11) is 0. The van der Waals surface area contributed by atoms with Crippen molar-refractivity contribution in [2.75, 3.05) is 19.7 Å². The number of H-pyrrole nitrogens is 1. The number of hydrogen-bond donors (Lipinski definition) is 3. The van der Waals surface area contributed by atoms with Crippen LogP contribution in [0.4, 0.5) is 5.69 Å². The van der Waals surface area contributed by atoms with Gasteiger partial charge in [-0.1, -0.05) is 19.1 Å². The average Bonchev–Trinajstić information content (AvgIpc) is 3.14. The molecule has 1 amide bonds. The van der Waals surface area contributed by atoms with E-state index in [1.165, 1.54) is 5.06 Å². The summed E-state index contributed by atoms with van der Waals surface area (Å²) >= 11 is 0. The predicted octanol–water partition coefficient (Wildman–Crippen LogP) is 1.98. The van der Waals surface area contributed by atoms with E-state index in [4.69, 9.17) is 16.3 Å². The van der Waals surface area contributed by atoms with Gasteiger partial charge in [-0.25, -0.2) is 10.1 Å². The monoisotopic (exact) mass is 368 g/mol. The van der Waals surface area contributed by atoms with Gasteiger partial charge in [-0.2, -0.15) is 5.10 Å². The van der Waals surface area contributed by atoms with Crippen LogP contribution in [0.2, 0.25) is 0 Å². The van der Waals surface area contributed by atoms with Gasteiger partial charge in [0, 0.05) is 42.4 Å². The Kier molecular flexibility index (Phi) is 6.00. The maximum absolute atomic E-state index is 12.9. The number of rotatable bonds is 7. The van der Waals surface area contributed by atoms with Gasteiger partial charge in [0.15, 0.2) is 0 Å². The second-order valence-corrected chi connectivity index (χ2v) is 6.24. The highest BCUT2D eigenvalue weighted by Crippen LogP contribution is 2.31. The van der Waals surface area contributed by atoms with Crippen molar-refractivity contribution in [1.82, 2.24) is 15.3 Å². The molecule has 1 aliphatic heterocycles. The molecule has 0 bridgehead atoms. The molecule has 1 aromatic heterocycles. The first kappa shape index (κ1) is 18.8. The maximum Gasteiger partial charge on any atom is 0.273 e. The molecule has 0 unspecified atom stereocenters. The molecule has 8 nitrogen and oxygen atoms in total. The lowest BCUT2D eigenvalue weighted by Gasteiger charge is -2.22. The lowest BCUT2D eigenvalue weighted by atomic mass is 10.0. The first-order chi connectivity index (χ1) is 13.1. The van der Waals surface area contributed by atoms with E-state index in [1.54, 1.807) is 6.20 Å². The average molecular weight is 368 g/mol. The van der Waals surface area contributed by atoms with Crippen molar-refractivity contribution in [3.05, 3.63) is 41.7 Å². The number of nitrogens with two attached hydrogens (primary N) is 2. The van der Waals surface area contributed by atoms with Gasteiger partial charge in [0.25, 0.3) is 5.91 Å². The molecule has 2 aromatic rings. The van der Waals surface area contributed by atoms with Gasteiger partial charge < -0.3 is 11.5 Å². The first-order valence-corrected chi connectivity index (χ1v) is 8.94. The molecule has 1 aliphatic rings. The normalized spacial score (nSPS) is 13.4. The first-order valence-electron chi connectivity index (χ1n) is 8.94. The van der Waals surface area contributed by atoms with Crippen LogP contribution in [0.15, 0.2) is 41.2 Å². The third kappa shape index (κ3) is 4.42. The Hall–Kier alpha value is -2.97. The predicted molar refractivity (Wildman–Crippen MR) is 105 cm³/mol. The summed E-state index contributed by atoms with van der Waals surface area (Å²) in [5, 5.41) is 8.13. The molecule has 0 aliphatic carbocycles. The molecule has 0 saturated carbocycles. The molecule has 2 heterocycles. The van der Waals surface area contributed by atoms with Crippen LogP contribution >= 0.6 is 0 Å². The molecule has 1 aromatic carbocycles. The van der Waals surface area contributed by atoms with Crippen molar-refractivity contribution < 1.29 is 9.63 Å². The van der Waals surface area contributed by atoms with Crippen molar-refractivity contribution in [3.8, 4) is 11.1 Å². The number of fused-ring (bicyclic) bond motifs is 1. The fourth-order valence-electron chi connectivity index (χ4n) is 2.87. The number of nitrogens with one attached hydrogen (secondary N) is 1. The molecule has 3 rings (SSSR count). The molecule has 0 radical (unpaired) electrons. The third-order valence-electron chi connectivity index (χ3n) is 4.12. The number of hydrogen-bond acceptors (Lipinski definition) is 6. The van der Waals surface area contributed by atoms with Crippen molar-refractivity contribution >= 4 is 23.5 Å². The number of amides is 1. The van der Waals surface area contributed by atoms with E-state index >= 15 is 0 Å². The fraction of sp³-hybridized carbons (Fsp3) is 0.316. The number of aliphatic imine (C=N–C) groups is 1. The van der Waals surface area contributed by atoms with E-state index in [9.17, 15) is 4.79 Å². The molecule has 27 heavy (non-hydrogen) atoms. The molecule has 0 atom stereocenters. The molecule has 8 heteroatoms. The van der Waals surface area contributed by atoms with Crippen LogP contribution in [-0.2, 0) is 9.63 Å². The van der Waals surface area contributed by atoms with Crippen molar-refractivity contribution in [3.63, 3.8) is 0 Å². The highest BCUT2D eigenvalue weighted by atomic mass is 16.7. The molecule has 0 fully saturated rings. The molecule has 5 N–H and O–H groups in total. The van der Waals surface area contributed by atoms with E-state index in [1.807, 2.05) is 37.4 Å². The number of aromatic amines is 1. The number of aromatic nitrogens is 2. The zero-order chi connectivity index (χ0) is 19.2. The topological polar surface area (TPSA) is 123 Å². The number of hydroxylamine groups is 2. The standard InChI is InChI=1S/C19H24N6O2/c1-2-6-25(27-7-5-20)19(26)15-8-14-4-3-13(16-11-22-23-12-16)9-17(14)24-18(21)10-15/h3-4,8-9,11-12H,2,5-7,10,20H2,1H3,(H2,21,24)(H,22,23). The summed E-state index contributed by atoms with van der Waals surface area (Å²) in [6.45, 7) is 3.10. The number of carbonyl (C=O) groups excluding carboxylic acids is 1. The summed E-state index contributed by atoms with van der Waals surface area (Å²) in [5.41, 5.74) is 15.6. The Balaban J connectivity index is 1.92. The minimum Gasteiger partial charge on any atom is -0.387 e. The van der Waals surface area contributed by atoms with E-state index in [2.05, 4.69) is 15.2 Å². The summed E-state index contributed by atoms with van der Waals surface area (Å²) in [6.07, 6.45) is 6.43. The van der Waals surface area contributed by atoms with Crippen LogP contribution in [0.1, 0.15) is 25.3 Å². The van der Waals surface area contributed by atoms with E-state index in [0.29, 0.717) is 24.5 Å². The van der Waals surface area contributed by atoms with Crippen LogP contribution in [0.5, 0.6) is 0 Å². The Morgan fingerprint density at radius 2 is 2.22 bits per heavy atom. The summed E-state index contributed by atoms with van der Waals surface area (Å²) < 4.78 is 0. The number of benzene rings is 1. The highest BCUT2D eigenvalue weighted by molar-refractivity contribution is 6.05. The smallest absolute Gasteiger partial charge is 0.273 e. The van der Waals surface area contributed by atoms with E-state index in [-0.39, 0.29) is 18.9 Å². The SMILES string of the molecule is CCCN(OCCN)C(=O)C1=Cc2ccc(-c3cn[nH]c3)cc2N=C(N)C1. The van der Waals surface area contributed by atoms with Crippen LogP contribution in [0.3, 0.4) is 0 Å². The second-order valence-electron chi connectivity index (χ2n) is 6.24. The van der Waals surface area contributed by atoms with Gasteiger partial charge in [-0.15, -0.1) is 0 Å². The number of amidine groups is 1. The highest BCUT2D eigenvalue weighted by Gasteiger charge is 2.22. The van der Waals surface area contributed by atoms with Crippen molar-refractivity contribution in [2.45, 2.75) is 19.8 Å². The molecule has 0 saturated heterocycles. The van der Waals surface area contributed by atoms with Gasteiger partial charge in [0.2, 0.25) is 0 Å². The zero-order valence-electron chi connectivity index (χ0n) is 15.3. The van der Waals surface area contributed by atoms with Gasteiger partial charge in [-0.05, 0) is 24.1 Å². The van der Waals surface area contributed by atoms with E-state index < -0.39 is 0 Å². The van der Waals surface area contributed by atoms with Gasteiger partial charge >= 0.3 is 0 Å². The number of carbonyl (C=O) groups is 1. The van der Waals surface area contributed by atoms with E-state index in [0.717, 1.165) is 28.8 Å². The van der Waals surface area contributed by atoms with Gasteiger partial charge in [0.1, 0.15) is 5.84 Å². The van der Waals surface area contributed by atoms with Crippen LogP contribution in [-0.4, -0.2) is 46.7 Å². The Bertz CT molecular complexity index is 857. The maximum atomic E-state index is 12.9. The zero-order valence-corrected chi connectivity index (χ0v) is 15.3. The third-order valence-corrected chi connectivity index (χ3v) is 4.12. The van der Waals surface area contributed by atoms with Gasteiger partial charge in [0.05, 0.1) is 18.5 Å².